The molecule has 2 aromatic carbocycles. The monoisotopic (exact) mass is 413 g/mol. The van der Waals surface area contributed by atoms with Crippen molar-refractivity contribution in [2.45, 2.75) is 31.2 Å². The molecule has 1 aliphatic carbocycles. The van der Waals surface area contributed by atoms with Crippen molar-refractivity contribution in [3.63, 3.8) is 0 Å². The summed E-state index contributed by atoms with van der Waals surface area (Å²) in [6.07, 6.45) is 4.65. The van der Waals surface area contributed by atoms with Gasteiger partial charge in [-0.1, -0.05) is 30.3 Å². The molecule has 5 nitrogen and oxygen atoms in total. The topological polar surface area (TPSA) is 80.1 Å². The van der Waals surface area contributed by atoms with E-state index in [2.05, 4.69) is 40.8 Å². The van der Waals surface area contributed by atoms with Gasteiger partial charge in [0.05, 0.1) is 7.11 Å². The van der Waals surface area contributed by atoms with Gasteiger partial charge in [0.2, 0.25) is 5.91 Å². The molecule has 4 N–H and O–H groups in total. The van der Waals surface area contributed by atoms with Crippen LogP contribution in [0.2, 0.25) is 0 Å². The fraction of sp³-hybridized carbons (Fsp3) is 0.348. The summed E-state index contributed by atoms with van der Waals surface area (Å²) in [7, 11) is 1.67. The van der Waals surface area contributed by atoms with E-state index in [4.69, 9.17) is 10.5 Å². The van der Waals surface area contributed by atoms with Crippen LogP contribution in [0.15, 0.2) is 54.7 Å². The van der Waals surface area contributed by atoms with Crippen molar-refractivity contribution in [2.75, 3.05) is 13.7 Å². The van der Waals surface area contributed by atoms with Crippen LogP contribution in [-0.2, 0) is 4.79 Å². The third-order valence-corrected chi connectivity index (χ3v) is 5.84. The van der Waals surface area contributed by atoms with E-state index in [0.717, 1.165) is 36.1 Å². The molecule has 0 aliphatic heterocycles. The molecule has 1 fully saturated rings. The van der Waals surface area contributed by atoms with Crippen LogP contribution in [0.1, 0.15) is 36.3 Å². The number of halogens is 1. The lowest BCUT2D eigenvalue weighted by Gasteiger charge is -2.20. The van der Waals surface area contributed by atoms with E-state index in [1.54, 1.807) is 7.11 Å². The molecule has 0 bridgehead atoms. The predicted molar refractivity (Wildman–Crippen MR) is 119 cm³/mol. The van der Waals surface area contributed by atoms with E-state index in [9.17, 15) is 4.79 Å². The van der Waals surface area contributed by atoms with Crippen molar-refractivity contribution in [3.8, 4) is 5.75 Å². The molecular formula is C23H28ClN3O2. The quantitative estimate of drug-likeness (QED) is 0.571. The number of ether oxygens (including phenoxy) is 1. The lowest BCUT2D eigenvalue weighted by atomic mass is 9.90. The molecule has 1 saturated carbocycles. The lowest BCUT2D eigenvalue weighted by molar-refractivity contribution is -0.124. The Bertz CT molecular complexity index is 954. The Morgan fingerprint density at radius 1 is 1.21 bits per heavy atom. The summed E-state index contributed by atoms with van der Waals surface area (Å²) in [6.45, 7) is 0.554. The summed E-state index contributed by atoms with van der Waals surface area (Å²) in [5.41, 5.74) is 9.41. The number of nitrogens with one attached hydrogen (secondary N) is 2. The zero-order chi connectivity index (χ0) is 19.5. The van der Waals surface area contributed by atoms with Crippen LogP contribution < -0.4 is 15.8 Å². The maximum Gasteiger partial charge on any atom is 0.223 e. The van der Waals surface area contributed by atoms with Crippen molar-refractivity contribution in [2.24, 2.45) is 11.7 Å². The first-order valence-corrected chi connectivity index (χ1v) is 9.89. The molecule has 0 saturated heterocycles. The summed E-state index contributed by atoms with van der Waals surface area (Å²) < 4.78 is 5.30. The molecule has 3 unspecified atom stereocenters. The summed E-state index contributed by atoms with van der Waals surface area (Å²) in [5, 5.41) is 4.37. The van der Waals surface area contributed by atoms with Crippen LogP contribution in [0.4, 0.5) is 0 Å². The zero-order valence-corrected chi connectivity index (χ0v) is 17.4. The largest absolute Gasteiger partial charge is 0.497 e. The highest BCUT2D eigenvalue weighted by Crippen LogP contribution is 2.32. The molecule has 0 radical (unpaired) electrons. The van der Waals surface area contributed by atoms with Crippen molar-refractivity contribution in [1.29, 1.82) is 0 Å². The molecule has 3 atom stereocenters. The fourth-order valence-corrected chi connectivity index (χ4v) is 4.23. The Kier molecular flexibility index (Phi) is 6.83. The average molecular weight is 414 g/mol. The van der Waals surface area contributed by atoms with Gasteiger partial charge in [-0.25, -0.2) is 0 Å². The minimum absolute atomic E-state index is 0. The molecule has 1 amide bonds. The van der Waals surface area contributed by atoms with Gasteiger partial charge in [-0.15, -0.1) is 12.4 Å². The SMILES string of the molecule is COc1ccc(C(CNC(=O)C2CCC(N)C2)c2c[nH]c3ccccc23)cc1.Cl. The molecule has 1 heterocycles. The number of amides is 1. The van der Waals surface area contributed by atoms with E-state index < -0.39 is 0 Å². The second-order valence-corrected chi connectivity index (χ2v) is 7.63. The summed E-state index contributed by atoms with van der Waals surface area (Å²) in [5.74, 6) is 1.03. The normalized spacial score (nSPS) is 19.5. The minimum atomic E-state index is 0. The Labute approximate surface area is 177 Å². The van der Waals surface area contributed by atoms with E-state index in [1.807, 2.05) is 24.3 Å². The van der Waals surface area contributed by atoms with Gasteiger partial charge in [-0.05, 0) is 48.6 Å². The summed E-state index contributed by atoms with van der Waals surface area (Å²) >= 11 is 0. The molecular weight excluding hydrogens is 386 g/mol. The standard InChI is InChI=1S/C23H27N3O2.ClH/c1-28-18-10-7-15(8-11-18)20(13-26-23(27)16-6-9-17(24)12-16)21-14-25-22-5-3-2-4-19(21)22;/h2-5,7-8,10-11,14,16-17,20,25H,6,9,12-13,24H2,1H3,(H,26,27);1H. The fourth-order valence-electron chi connectivity index (χ4n) is 4.23. The first-order valence-electron chi connectivity index (χ1n) is 9.89. The Balaban J connectivity index is 0.00000240. The van der Waals surface area contributed by atoms with Gasteiger partial charge in [0, 0.05) is 41.5 Å². The molecule has 0 spiro atoms. The Morgan fingerprint density at radius 2 is 1.97 bits per heavy atom. The van der Waals surface area contributed by atoms with Crippen LogP contribution in [0.25, 0.3) is 10.9 Å². The number of aromatic nitrogens is 1. The number of para-hydroxylation sites is 1. The average Bonchev–Trinajstić information content (AvgIpc) is 3.35. The van der Waals surface area contributed by atoms with Crippen LogP contribution in [0.5, 0.6) is 5.75 Å². The molecule has 3 aromatic rings. The minimum Gasteiger partial charge on any atom is -0.497 e. The predicted octanol–water partition coefficient (Wildman–Crippen LogP) is 3.97. The number of fused-ring (bicyclic) bond motifs is 1. The number of carbonyl (C=O) groups excluding carboxylic acids is 1. The van der Waals surface area contributed by atoms with Crippen LogP contribution in [0.3, 0.4) is 0 Å². The summed E-state index contributed by atoms with van der Waals surface area (Å²) in [4.78, 5) is 16.0. The van der Waals surface area contributed by atoms with Gasteiger partial charge in [-0.3, -0.25) is 4.79 Å². The van der Waals surface area contributed by atoms with Gasteiger partial charge < -0.3 is 20.8 Å². The van der Waals surface area contributed by atoms with Gasteiger partial charge in [0.25, 0.3) is 0 Å². The summed E-state index contributed by atoms with van der Waals surface area (Å²) in [6, 6.07) is 16.5. The highest BCUT2D eigenvalue weighted by molar-refractivity contribution is 5.85. The number of aromatic amines is 1. The van der Waals surface area contributed by atoms with Crippen molar-refractivity contribution < 1.29 is 9.53 Å². The van der Waals surface area contributed by atoms with Gasteiger partial charge in [0.1, 0.15) is 5.75 Å². The lowest BCUT2D eigenvalue weighted by Crippen LogP contribution is -2.33. The van der Waals surface area contributed by atoms with E-state index in [0.29, 0.717) is 6.54 Å². The van der Waals surface area contributed by atoms with E-state index in [1.165, 1.54) is 10.9 Å². The third-order valence-electron chi connectivity index (χ3n) is 5.84. The number of methoxy groups -OCH3 is 1. The third kappa shape index (κ3) is 4.57. The second-order valence-electron chi connectivity index (χ2n) is 7.63. The number of H-pyrrole nitrogens is 1. The number of carbonyl (C=O) groups is 1. The van der Waals surface area contributed by atoms with Crippen LogP contribution in [-0.4, -0.2) is 30.6 Å². The first-order chi connectivity index (χ1) is 13.7. The molecule has 1 aromatic heterocycles. The molecule has 154 valence electrons. The maximum atomic E-state index is 12.7. The van der Waals surface area contributed by atoms with Gasteiger partial charge in [0.15, 0.2) is 0 Å². The Morgan fingerprint density at radius 3 is 2.66 bits per heavy atom. The van der Waals surface area contributed by atoms with Crippen molar-refractivity contribution >= 4 is 29.2 Å². The second kappa shape index (κ2) is 9.33. The smallest absolute Gasteiger partial charge is 0.223 e. The van der Waals surface area contributed by atoms with Gasteiger partial charge >= 0.3 is 0 Å². The molecule has 29 heavy (non-hydrogen) atoms. The maximum absolute atomic E-state index is 12.7. The Hall–Kier alpha value is -2.50. The van der Waals surface area contributed by atoms with Gasteiger partial charge in [-0.2, -0.15) is 0 Å². The molecule has 6 heteroatoms. The van der Waals surface area contributed by atoms with E-state index >= 15 is 0 Å². The molecule has 4 rings (SSSR count). The van der Waals surface area contributed by atoms with E-state index in [-0.39, 0.29) is 36.2 Å². The van der Waals surface area contributed by atoms with Crippen molar-refractivity contribution in [1.82, 2.24) is 10.3 Å². The zero-order valence-electron chi connectivity index (χ0n) is 16.6. The highest BCUT2D eigenvalue weighted by atomic mass is 35.5. The number of benzene rings is 2. The van der Waals surface area contributed by atoms with Crippen LogP contribution in [0, 0.1) is 5.92 Å². The van der Waals surface area contributed by atoms with Crippen LogP contribution >= 0.6 is 12.4 Å². The highest BCUT2D eigenvalue weighted by Gasteiger charge is 2.28. The van der Waals surface area contributed by atoms with Crippen molar-refractivity contribution in [3.05, 3.63) is 65.9 Å². The number of nitrogens with two attached hydrogens (primary N) is 1. The molecule has 1 aliphatic rings. The number of hydrogen-bond acceptors (Lipinski definition) is 3. The number of hydrogen-bond donors (Lipinski definition) is 3. The first kappa shape index (κ1) is 21.2. The number of rotatable bonds is 6.